The first kappa shape index (κ1) is 21.2. The third kappa shape index (κ3) is 5.76. The third-order valence-electron chi connectivity index (χ3n) is 4.17. The molecule has 7 heteroatoms. The molecule has 0 fully saturated rings. The molecule has 0 bridgehead atoms. The van der Waals surface area contributed by atoms with E-state index in [0.29, 0.717) is 32.8 Å². The number of aryl methyl sites for hydroxylation is 2. The van der Waals surface area contributed by atoms with Gasteiger partial charge >= 0.3 is 0 Å². The summed E-state index contributed by atoms with van der Waals surface area (Å²) in [4.78, 5) is 0.269. The van der Waals surface area contributed by atoms with Crippen LogP contribution in [-0.4, -0.2) is 8.42 Å². The standard InChI is InChI=1S/C22H20Cl2N2O2S/c1-15-3-4-16(2)21(13-15)29(27,28)14-22(25-19-9-5-17(23)6-10-19)26-20-11-7-18(24)8-12-20/h3-14,25-26H,1-2H3. The van der Waals surface area contributed by atoms with Crippen molar-refractivity contribution in [1.29, 1.82) is 0 Å². The third-order valence-corrected chi connectivity index (χ3v) is 6.27. The molecule has 0 unspecified atom stereocenters. The Kier molecular flexibility index (Phi) is 6.52. The summed E-state index contributed by atoms with van der Waals surface area (Å²) in [5.41, 5.74) is 2.95. The molecule has 150 valence electrons. The van der Waals surface area contributed by atoms with Gasteiger partial charge in [-0.3, -0.25) is 0 Å². The average molecular weight is 447 g/mol. The highest BCUT2D eigenvalue weighted by molar-refractivity contribution is 7.94. The summed E-state index contributed by atoms with van der Waals surface area (Å²) in [6.07, 6.45) is 0. The minimum atomic E-state index is -3.71. The van der Waals surface area contributed by atoms with E-state index in [2.05, 4.69) is 10.6 Å². The summed E-state index contributed by atoms with van der Waals surface area (Å²) >= 11 is 11.9. The monoisotopic (exact) mass is 446 g/mol. The van der Waals surface area contributed by atoms with E-state index in [-0.39, 0.29) is 4.90 Å². The van der Waals surface area contributed by atoms with Gasteiger partial charge in [-0.25, -0.2) is 8.42 Å². The minimum absolute atomic E-state index is 0.269. The van der Waals surface area contributed by atoms with Crippen molar-refractivity contribution in [2.45, 2.75) is 18.7 Å². The van der Waals surface area contributed by atoms with E-state index in [1.165, 1.54) is 5.41 Å². The summed E-state index contributed by atoms with van der Waals surface area (Å²) in [7, 11) is -3.71. The Morgan fingerprint density at radius 2 is 1.28 bits per heavy atom. The number of hydrogen-bond donors (Lipinski definition) is 2. The van der Waals surface area contributed by atoms with Crippen LogP contribution in [0.25, 0.3) is 0 Å². The van der Waals surface area contributed by atoms with Crippen molar-refractivity contribution in [1.82, 2.24) is 0 Å². The first-order valence-electron chi connectivity index (χ1n) is 8.82. The highest BCUT2D eigenvalue weighted by Gasteiger charge is 2.17. The Morgan fingerprint density at radius 3 is 1.76 bits per heavy atom. The van der Waals surface area contributed by atoms with Gasteiger partial charge in [0.05, 0.1) is 10.3 Å². The fourth-order valence-electron chi connectivity index (χ4n) is 2.70. The van der Waals surface area contributed by atoms with E-state index >= 15 is 0 Å². The highest BCUT2D eigenvalue weighted by atomic mass is 35.5. The van der Waals surface area contributed by atoms with Gasteiger partial charge in [0, 0.05) is 21.4 Å². The Bertz CT molecular complexity index is 1090. The molecule has 0 atom stereocenters. The highest BCUT2D eigenvalue weighted by Crippen LogP contribution is 2.23. The van der Waals surface area contributed by atoms with Crippen molar-refractivity contribution in [3.05, 3.63) is 99.1 Å². The molecule has 0 saturated carbocycles. The Labute approximate surface area is 181 Å². The van der Waals surface area contributed by atoms with Crippen molar-refractivity contribution in [2.75, 3.05) is 10.6 Å². The lowest BCUT2D eigenvalue weighted by molar-refractivity contribution is 0.603. The number of sulfone groups is 1. The van der Waals surface area contributed by atoms with E-state index in [1.54, 1.807) is 67.6 Å². The molecular weight excluding hydrogens is 427 g/mol. The Morgan fingerprint density at radius 1 is 0.793 bits per heavy atom. The molecule has 0 spiro atoms. The normalized spacial score (nSPS) is 11.0. The maximum Gasteiger partial charge on any atom is 0.203 e. The number of benzene rings is 3. The van der Waals surface area contributed by atoms with Gasteiger partial charge in [0.2, 0.25) is 9.84 Å². The number of halogens is 2. The fraction of sp³-hybridized carbons (Fsp3) is 0.0909. The Balaban J connectivity index is 2.01. The first-order chi connectivity index (χ1) is 13.7. The van der Waals surface area contributed by atoms with Crippen molar-refractivity contribution in [3.63, 3.8) is 0 Å². The molecule has 0 amide bonds. The maximum absolute atomic E-state index is 13.1. The van der Waals surface area contributed by atoms with Gasteiger partial charge in [0.25, 0.3) is 0 Å². The zero-order chi connectivity index (χ0) is 21.0. The van der Waals surface area contributed by atoms with Crippen molar-refractivity contribution in [2.24, 2.45) is 0 Å². The number of nitrogens with one attached hydrogen (secondary N) is 2. The lowest BCUT2D eigenvalue weighted by atomic mass is 10.2. The zero-order valence-electron chi connectivity index (χ0n) is 15.9. The zero-order valence-corrected chi connectivity index (χ0v) is 18.2. The number of rotatable bonds is 6. The largest absolute Gasteiger partial charge is 0.341 e. The average Bonchev–Trinajstić information content (AvgIpc) is 2.67. The Hall–Kier alpha value is -2.47. The topological polar surface area (TPSA) is 58.2 Å². The fourth-order valence-corrected chi connectivity index (χ4v) is 4.37. The van der Waals surface area contributed by atoms with Crippen LogP contribution in [0.3, 0.4) is 0 Å². The van der Waals surface area contributed by atoms with Crippen molar-refractivity contribution < 1.29 is 8.42 Å². The van der Waals surface area contributed by atoms with E-state index < -0.39 is 9.84 Å². The molecule has 3 aromatic carbocycles. The molecule has 0 radical (unpaired) electrons. The van der Waals surface area contributed by atoms with Gasteiger partial charge in [-0.2, -0.15) is 0 Å². The summed E-state index contributed by atoms with van der Waals surface area (Å²) in [5.74, 6) is 0.301. The maximum atomic E-state index is 13.1. The van der Waals surface area contributed by atoms with Gasteiger partial charge in [0.1, 0.15) is 5.82 Å². The second-order valence-corrected chi connectivity index (χ2v) is 9.25. The summed E-state index contributed by atoms with van der Waals surface area (Å²) in [5, 5.41) is 8.59. The van der Waals surface area contributed by atoms with Crippen LogP contribution in [0, 0.1) is 13.8 Å². The predicted octanol–water partition coefficient (Wildman–Crippen LogP) is 6.41. The molecule has 2 N–H and O–H groups in total. The predicted molar refractivity (Wildman–Crippen MR) is 121 cm³/mol. The van der Waals surface area contributed by atoms with Crippen LogP contribution in [0.2, 0.25) is 10.0 Å². The molecular formula is C22H20Cl2N2O2S. The van der Waals surface area contributed by atoms with Crippen LogP contribution < -0.4 is 10.6 Å². The van der Waals surface area contributed by atoms with Crippen molar-refractivity contribution >= 4 is 44.4 Å². The molecule has 0 heterocycles. The lowest BCUT2D eigenvalue weighted by Gasteiger charge is -2.15. The van der Waals surface area contributed by atoms with Gasteiger partial charge < -0.3 is 10.6 Å². The molecule has 3 aromatic rings. The molecule has 0 saturated heterocycles. The second-order valence-electron chi connectivity index (χ2n) is 6.61. The smallest absolute Gasteiger partial charge is 0.203 e. The van der Waals surface area contributed by atoms with Crippen LogP contribution in [0.1, 0.15) is 11.1 Å². The van der Waals surface area contributed by atoms with Crippen LogP contribution in [0.4, 0.5) is 11.4 Å². The van der Waals surface area contributed by atoms with Crippen LogP contribution >= 0.6 is 23.2 Å². The van der Waals surface area contributed by atoms with E-state index in [0.717, 1.165) is 5.56 Å². The first-order valence-corrected chi connectivity index (χ1v) is 11.1. The van der Waals surface area contributed by atoms with Gasteiger partial charge in [-0.15, -0.1) is 0 Å². The van der Waals surface area contributed by atoms with Gasteiger partial charge in [0.15, 0.2) is 0 Å². The molecule has 4 nitrogen and oxygen atoms in total. The van der Waals surface area contributed by atoms with E-state index in [9.17, 15) is 8.42 Å². The molecule has 0 aromatic heterocycles. The van der Waals surface area contributed by atoms with Gasteiger partial charge in [-0.1, -0.05) is 35.3 Å². The van der Waals surface area contributed by atoms with Crippen LogP contribution in [0.5, 0.6) is 0 Å². The molecule has 0 aliphatic rings. The molecule has 3 rings (SSSR count). The summed E-state index contributed by atoms with van der Waals surface area (Å²) in [6, 6.07) is 19.3. The molecule has 29 heavy (non-hydrogen) atoms. The molecule has 0 aliphatic heterocycles. The second kappa shape index (κ2) is 8.91. The molecule has 0 aliphatic carbocycles. The quantitative estimate of drug-likeness (QED) is 0.459. The van der Waals surface area contributed by atoms with E-state index in [4.69, 9.17) is 23.2 Å². The number of hydrogen-bond acceptors (Lipinski definition) is 4. The summed E-state index contributed by atoms with van der Waals surface area (Å²) < 4.78 is 26.2. The van der Waals surface area contributed by atoms with Gasteiger partial charge in [-0.05, 0) is 79.6 Å². The van der Waals surface area contributed by atoms with Crippen LogP contribution in [-0.2, 0) is 9.84 Å². The number of anilines is 2. The summed E-state index contributed by atoms with van der Waals surface area (Å²) in [6.45, 7) is 3.64. The minimum Gasteiger partial charge on any atom is -0.341 e. The lowest BCUT2D eigenvalue weighted by Crippen LogP contribution is -2.13. The SMILES string of the molecule is Cc1ccc(C)c(S(=O)(=O)C=C(Nc2ccc(Cl)cc2)Nc2ccc(Cl)cc2)c1. The van der Waals surface area contributed by atoms with Crippen molar-refractivity contribution in [3.8, 4) is 0 Å². The van der Waals surface area contributed by atoms with E-state index in [1.807, 2.05) is 13.0 Å². The van der Waals surface area contributed by atoms with Crippen LogP contribution in [0.15, 0.2) is 82.9 Å².